The van der Waals surface area contributed by atoms with Crippen molar-refractivity contribution in [3.05, 3.63) is 54.1 Å². The Bertz CT molecular complexity index is 953. The van der Waals surface area contributed by atoms with Crippen molar-refractivity contribution in [2.75, 3.05) is 20.0 Å². The van der Waals surface area contributed by atoms with Gasteiger partial charge in [0.25, 0.3) is 5.22 Å². The molecule has 1 aromatic heterocycles. The van der Waals surface area contributed by atoms with Crippen molar-refractivity contribution >= 4 is 17.7 Å². The van der Waals surface area contributed by atoms with E-state index < -0.39 is 0 Å². The molecule has 1 heterocycles. The lowest BCUT2D eigenvalue weighted by Gasteiger charge is -2.26. The molecule has 0 fully saturated rings. The van der Waals surface area contributed by atoms with E-state index >= 15 is 0 Å². The van der Waals surface area contributed by atoms with E-state index in [-0.39, 0.29) is 17.7 Å². The number of methoxy groups -OCH3 is 2. The predicted octanol–water partition coefficient (Wildman–Crippen LogP) is 4.28. The highest BCUT2D eigenvalue weighted by atomic mass is 32.2. The van der Waals surface area contributed by atoms with Crippen LogP contribution in [-0.4, -0.2) is 47.0 Å². The van der Waals surface area contributed by atoms with Gasteiger partial charge in [0.15, 0.2) is 0 Å². The second kappa shape index (κ2) is 10.2. The fraction of sp³-hybridized carbons (Fsp3) is 0.318. The van der Waals surface area contributed by atoms with Crippen molar-refractivity contribution in [1.29, 1.82) is 0 Å². The zero-order valence-electron chi connectivity index (χ0n) is 17.5. The number of carbonyl (C=O) groups excluding carboxylic acids is 1. The third-order valence-electron chi connectivity index (χ3n) is 4.46. The van der Waals surface area contributed by atoms with Gasteiger partial charge in [-0.15, -0.1) is 10.2 Å². The minimum absolute atomic E-state index is 0.0154. The van der Waals surface area contributed by atoms with Crippen molar-refractivity contribution in [2.24, 2.45) is 0 Å². The normalized spacial score (nSPS) is 10.8. The summed E-state index contributed by atoms with van der Waals surface area (Å²) < 4.78 is 16.3. The van der Waals surface area contributed by atoms with Crippen molar-refractivity contribution in [1.82, 2.24) is 15.1 Å². The maximum absolute atomic E-state index is 12.8. The first-order valence-corrected chi connectivity index (χ1v) is 10.5. The van der Waals surface area contributed by atoms with Crippen LogP contribution in [0.2, 0.25) is 0 Å². The van der Waals surface area contributed by atoms with Gasteiger partial charge in [0.2, 0.25) is 11.8 Å². The monoisotopic (exact) mass is 427 g/mol. The molecule has 1 amide bonds. The molecule has 0 saturated carbocycles. The Hall–Kier alpha value is -3.00. The lowest BCUT2D eigenvalue weighted by Crippen LogP contribution is -2.37. The molecule has 0 aliphatic carbocycles. The molecule has 0 atom stereocenters. The lowest BCUT2D eigenvalue weighted by molar-refractivity contribution is -0.130. The van der Waals surface area contributed by atoms with Gasteiger partial charge in [0, 0.05) is 24.2 Å². The summed E-state index contributed by atoms with van der Waals surface area (Å²) in [6.07, 6.45) is 0. The lowest BCUT2D eigenvalue weighted by atomic mass is 10.2. The van der Waals surface area contributed by atoms with Crippen LogP contribution >= 0.6 is 11.8 Å². The molecular formula is C22H25N3O4S. The molecule has 158 valence electrons. The minimum Gasteiger partial charge on any atom is -0.497 e. The number of thioether (sulfide) groups is 1. The average Bonchev–Trinajstić information content (AvgIpc) is 3.25. The van der Waals surface area contributed by atoms with E-state index in [1.807, 2.05) is 49.1 Å². The van der Waals surface area contributed by atoms with Crippen LogP contribution < -0.4 is 9.47 Å². The second-order valence-electron chi connectivity index (χ2n) is 6.86. The Morgan fingerprint density at radius 2 is 1.73 bits per heavy atom. The van der Waals surface area contributed by atoms with E-state index in [1.165, 1.54) is 11.8 Å². The first-order chi connectivity index (χ1) is 14.5. The SMILES string of the molecule is COc1cc(OC)cc(-c2nnc(SCC(=O)N(Cc3ccccc3)C(C)C)o2)c1. The Kier molecular flexibility index (Phi) is 7.35. The maximum atomic E-state index is 12.8. The number of rotatable bonds is 9. The first-order valence-electron chi connectivity index (χ1n) is 9.53. The van der Waals surface area contributed by atoms with Crippen LogP contribution in [-0.2, 0) is 11.3 Å². The summed E-state index contributed by atoms with van der Waals surface area (Å²) in [6.45, 7) is 4.58. The molecule has 0 radical (unpaired) electrons. The minimum atomic E-state index is 0.0154. The zero-order chi connectivity index (χ0) is 21.5. The summed E-state index contributed by atoms with van der Waals surface area (Å²) in [6, 6.07) is 15.4. The van der Waals surface area contributed by atoms with Crippen molar-refractivity contribution < 1.29 is 18.7 Å². The molecule has 0 N–H and O–H groups in total. The molecule has 3 rings (SSSR count). The van der Waals surface area contributed by atoms with Crippen LogP contribution in [0.4, 0.5) is 0 Å². The van der Waals surface area contributed by atoms with Crippen LogP contribution in [0, 0.1) is 0 Å². The molecule has 0 saturated heterocycles. The molecule has 30 heavy (non-hydrogen) atoms. The summed E-state index contributed by atoms with van der Waals surface area (Å²) in [7, 11) is 3.16. The maximum Gasteiger partial charge on any atom is 0.277 e. The van der Waals surface area contributed by atoms with E-state index in [1.54, 1.807) is 32.4 Å². The molecule has 0 unspecified atom stereocenters. The predicted molar refractivity (Wildman–Crippen MR) is 116 cm³/mol. The highest BCUT2D eigenvalue weighted by Gasteiger charge is 2.19. The quantitative estimate of drug-likeness (QED) is 0.472. The van der Waals surface area contributed by atoms with Crippen LogP contribution in [0.5, 0.6) is 11.5 Å². The molecule has 3 aromatic rings. The molecule has 0 aliphatic heterocycles. The Labute approximate surface area is 180 Å². The molecule has 0 spiro atoms. The third kappa shape index (κ3) is 5.54. The summed E-state index contributed by atoms with van der Waals surface area (Å²) in [5, 5.41) is 8.48. The van der Waals surface area contributed by atoms with Crippen molar-refractivity contribution in [3.63, 3.8) is 0 Å². The van der Waals surface area contributed by atoms with E-state index in [2.05, 4.69) is 10.2 Å². The van der Waals surface area contributed by atoms with Gasteiger partial charge in [-0.2, -0.15) is 0 Å². The Morgan fingerprint density at radius 3 is 2.33 bits per heavy atom. The number of nitrogens with zero attached hydrogens (tertiary/aromatic N) is 3. The van der Waals surface area contributed by atoms with Gasteiger partial charge in [0.1, 0.15) is 11.5 Å². The van der Waals surface area contributed by atoms with Crippen molar-refractivity contribution in [2.45, 2.75) is 31.7 Å². The van der Waals surface area contributed by atoms with Gasteiger partial charge >= 0.3 is 0 Å². The average molecular weight is 428 g/mol. The highest BCUT2D eigenvalue weighted by molar-refractivity contribution is 7.99. The number of carbonyl (C=O) groups is 1. The topological polar surface area (TPSA) is 77.7 Å². The second-order valence-corrected chi connectivity index (χ2v) is 7.79. The van der Waals surface area contributed by atoms with E-state index in [0.717, 1.165) is 5.56 Å². The fourth-order valence-electron chi connectivity index (χ4n) is 2.86. The van der Waals surface area contributed by atoms with Gasteiger partial charge in [-0.1, -0.05) is 42.1 Å². The molecular weight excluding hydrogens is 402 g/mol. The molecule has 0 bridgehead atoms. The molecule has 7 nitrogen and oxygen atoms in total. The van der Waals surface area contributed by atoms with Gasteiger partial charge in [-0.3, -0.25) is 4.79 Å². The van der Waals surface area contributed by atoms with Crippen LogP contribution in [0.15, 0.2) is 58.2 Å². The Morgan fingerprint density at radius 1 is 1.07 bits per heavy atom. The van der Waals surface area contributed by atoms with Gasteiger partial charge in [0.05, 0.1) is 20.0 Å². The standard InChI is InChI=1S/C22H25N3O4S/c1-15(2)25(13-16-8-6-5-7-9-16)20(26)14-30-22-24-23-21(29-22)17-10-18(27-3)12-19(11-17)28-4/h5-12,15H,13-14H2,1-4H3. The number of aromatic nitrogens is 2. The molecule has 8 heteroatoms. The largest absolute Gasteiger partial charge is 0.497 e. The van der Waals surface area contributed by atoms with E-state index in [0.29, 0.717) is 34.7 Å². The summed E-state index contributed by atoms with van der Waals surface area (Å²) in [4.78, 5) is 14.6. The number of hydrogen-bond acceptors (Lipinski definition) is 7. The summed E-state index contributed by atoms with van der Waals surface area (Å²) in [5.41, 5.74) is 1.78. The van der Waals surface area contributed by atoms with Gasteiger partial charge in [-0.25, -0.2) is 0 Å². The van der Waals surface area contributed by atoms with Gasteiger partial charge in [-0.05, 0) is 31.5 Å². The van der Waals surface area contributed by atoms with Crippen molar-refractivity contribution in [3.8, 4) is 23.0 Å². The number of ether oxygens (including phenoxy) is 2. The van der Waals surface area contributed by atoms with E-state index in [4.69, 9.17) is 13.9 Å². The fourth-order valence-corrected chi connectivity index (χ4v) is 3.51. The number of benzene rings is 2. The summed E-state index contributed by atoms with van der Waals surface area (Å²) in [5.74, 6) is 1.82. The van der Waals surface area contributed by atoms with Crippen LogP contribution in [0.3, 0.4) is 0 Å². The number of hydrogen-bond donors (Lipinski definition) is 0. The smallest absolute Gasteiger partial charge is 0.277 e. The third-order valence-corrected chi connectivity index (χ3v) is 5.27. The zero-order valence-corrected chi connectivity index (χ0v) is 18.3. The van der Waals surface area contributed by atoms with Crippen LogP contribution in [0.1, 0.15) is 19.4 Å². The molecule has 0 aliphatic rings. The summed E-state index contributed by atoms with van der Waals surface area (Å²) >= 11 is 1.23. The first kappa shape index (κ1) is 21.7. The van der Waals surface area contributed by atoms with E-state index in [9.17, 15) is 4.79 Å². The highest BCUT2D eigenvalue weighted by Crippen LogP contribution is 2.30. The van der Waals surface area contributed by atoms with Crippen LogP contribution in [0.25, 0.3) is 11.5 Å². The number of amides is 1. The Balaban J connectivity index is 1.66. The van der Waals surface area contributed by atoms with Gasteiger partial charge < -0.3 is 18.8 Å². The molecule has 2 aromatic carbocycles.